The molecule has 7 rings (SSSR count). The molecule has 0 unspecified atom stereocenters. The Labute approximate surface area is 190 Å². The van der Waals surface area contributed by atoms with E-state index in [4.69, 9.17) is 4.42 Å². The molecule has 2 heterocycles. The van der Waals surface area contributed by atoms with Crippen molar-refractivity contribution in [3.05, 3.63) is 115 Å². The lowest BCUT2D eigenvalue weighted by molar-refractivity contribution is 0.669. The lowest BCUT2D eigenvalue weighted by atomic mass is 10.1. The molecule has 156 valence electrons. The number of fused-ring (bicyclic) bond motifs is 6. The second-order valence-corrected chi connectivity index (χ2v) is 8.35. The number of hydrogen-bond donors (Lipinski definition) is 1. The summed E-state index contributed by atoms with van der Waals surface area (Å²) in [5, 5.41) is 8.22. The fourth-order valence-electron chi connectivity index (χ4n) is 4.87. The third-order valence-electron chi connectivity index (χ3n) is 6.36. The first-order valence-electron chi connectivity index (χ1n) is 11.1. The molecule has 3 heteroatoms. The molecule has 0 spiro atoms. The molecular weight excluding hydrogens is 404 g/mol. The zero-order valence-electron chi connectivity index (χ0n) is 17.8. The van der Waals surface area contributed by atoms with E-state index in [2.05, 4.69) is 107 Å². The first-order valence-corrected chi connectivity index (χ1v) is 11.1. The minimum atomic E-state index is 0.880. The quantitative estimate of drug-likeness (QED) is 0.308. The summed E-state index contributed by atoms with van der Waals surface area (Å²) in [6.07, 6.45) is 0. The van der Waals surface area contributed by atoms with Crippen LogP contribution in [0.2, 0.25) is 0 Å². The van der Waals surface area contributed by atoms with Crippen molar-refractivity contribution in [2.24, 2.45) is 0 Å². The Morgan fingerprint density at radius 1 is 0.485 bits per heavy atom. The summed E-state index contributed by atoms with van der Waals surface area (Å²) in [4.78, 5) is 0. The van der Waals surface area contributed by atoms with Crippen molar-refractivity contribution in [1.82, 2.24) is 4.57 Å². The summed E-state index contributed by atoms with van der Waals surface area (Å²) in [6.45, 7) is 0. The highest BCUT2D eigenvalue weighted by atomic mass is 16.3. The molecule has 0 aliphatic rings. The number of aromatic nitrogens is 1. The molecule has 0 saturated heterocycles. The topological polar surface area (TPSA) is 30.1 Å². The molecule has 5 aromatic carbocycles. The summed E-state index contributed by atoms with van der Waals surface area (Å²) in [5.74, 6) is 0. The second kappa shape index (κ2) is 7.01. The average molecular weight is 425 g/mol. The van der Waals surface area contributed by atoms with Crippen LogP contribution in [0.5, 0.6) is 0 Å². The van der Waals surface area contributed by atoms with Crippen LogP contribution in [0.25, 0.3) is 49.4 Å². The van der Waals surface area contributed by atoms with E-state index in [-0.39, 0.29) is 0 Å². The van der Waals surface area contributed by atoms with E-state index in [0.717, 1.165) is 39.0 Å². The van der Waals surface area contributed by atoms with Crippen LogP contribution in [0.1, 0.15) is 0 Å². The van der Waals surface area contributed by atoms with Gasteiger partial charge in [0.05, 0.1) is 11.0 Å². The molecule has 3 nitrogen and oxygen atoms in total. The lowest BCUT2D eigenvalue weighted by Gasteiger charge is -2.08. The fraction of sp³-hybridized carbons (Fsp3) is 0. The van der Waals surface area contributed by atoms with Crippen LogP contribution in [0.3, 0.4) is 0 Å². The van der Waals surface area contributed by atoms with E-state index in [1.54, 1.807) is 0 Å². The Kier molecular flexibility index (Phi) is 3.84. The van der Waals surface area contributed by atoms with Crippen LogP contribution in [-0.4, -0.2) is 4.57 Å². The van der Waals surface area contributed by atoms with Gasteiger partial charge in [0.1, 0.15) is 11.2 Å². The van der Waals surface area contributed by atoms with Gasteiger partial charge in [-0.05, 0) is 54.6 Å². The molecule has 0 atom stereocenters. The molecule has 0 aliphatic heterocycles. The first-order chi connectivity index (χ1) is 16.3. The van der Waals surface area contributed by atoms with Crippen molar-refractivity contribution in [1.29, 1.82) is 0 Å². The maximum atomic E-state index is 6.23. The Bertz CT molecular complexity index is 1740. The molecule has 33 heavy (non-hydrogen) atoms. The highest BCUT2D eigenvalue weighted by Crippen LogP contribution is 2.36. The Morgan fingerprint density at radius 3 is 1.94 bits per heavy atom. The number of anilines is 2. The highest BCUT2D eigenvalue weighted by molar-refractivity contribution is 6.10. The average Bonchev–Trinajstić information content (AvgIpc) is 3.39. The Balaban J connectivity index is 1.40. The summed E-state index contributed by atoms with van der Waals surface area (Å²) in [7, 11) is 0. The monoisotopic (exact) mass is 424 g/mol. The van der Waals surface area contributed by atoms with Crippen molar-refractivity contribution in [2.45, 2.75) is 0 Å². The zero-order chi connectivity index (χ0) is 21.8. The van der Waals surface area contributed by atoms with Gasteiger partial charge in [-0.1, -0.05) is 54.6 Å². The summed E-state index contributed by atoms with van der Waals surface area (Å²) in [6, 6.07) is 40.2. The molecule has 0 bridgehead atoms. The molecular formula is C30H20N2O. The third kappa shape index (κ3) is 2.83. The van der Waals surface area contributed by atoms with Gasteiger partial charge >= 0.3 is 0 Å². The van der Waals surface area contributed by atoms with Gasteiger partial charge in [0.2, 0.25) is 0 Å². The predicted molar refractivity (Wildman–Crippen MR) is 138 cm³/mol. The first kappa shape index (κ1) is 18.1. The SMILES string of the molecule is c1ccc(Nc2ccc3c(c2)oc2ccc(-n4c5ccccc5c5ccccc54)cc23)cc1. The smallest absolute Gasteiger partial charge is 0.137 e. The number of benzene rings is 5. The van der Waals surface area contributed by atoms with E-state index in [9.17, 15) is 0 Å². The van der Waals surface area contributed by atoms with Crippen molar-refractivity contribution in [3.8, 4) is 5.69 Å². The van der Waals surface area contributed by atoms with Gasteiger partial charge in [0.25, 0.3) is 0 Å². The predicted octanol–water partition coefficient (Wildman–Crippen LogP) is 8.43. The normalized spacial score (nSPS) is 11.6. The van der Waals surface area contributed by atoms with Gasteiger partial charge < -0.3 is 14.3 Å². The molecule has 1 N–H and O–H groups in total. The van der Waals surface area contributed by atoms with Crippen LogP contribution < -0.4 is 5.32 Å². The number of hydrogen-bond acceptors (Lipinski definition) is 2. The Morgan fingerprint density at radius 2 is 1.18 bits per heavy atom. The number of nitrogens with one attached hydrogen (secondary N) is 1. The van der Waals surface area contributed by atoms with Crippen molar-refractivity contribution in [3.63, 3.8) is 0 Å². The number of furan rings is 1. The lowest BCUT2D eigenvalue weighted by Crippen LogP contribution is -1.93. The van der Waals surface area contributed by atoms with E-state index in [0.29, 0.717) is 0 Å². The number of para-hydroxylation sites is 3. The Hall–Kier alpha value is -4.50. The van der Waals surface area contributed by atoms with Crippen molar-refractivity contribution < 1.29 is 4.42 Å². The van der Waals surface area contributed by atoms with Gasteiger partial charge in [-0.25, -0.2) is 0 Å². The highest BCUT2D eigenvalue weighted by Gasteiger charge is 2.14. The fourth-order valence-corrected chi connectivity index (χ4v) is 4.87. The molecule has 0 saturated carbocycles. The van der Waals surface area contributed by atoms with E-state index in [1.165, 1.54) is 21.8 Å². The van der Waals surface area contributed by atoms with Gasteiger partial charge in [0.15, 0.2) is 0 Å². The van der Waals surface area contributed by atoms with Crippen LogP contribution in [0.15, 0.2) is 120 Å². The van der Waals surface area contributed by atoms with Gasteiger partial charge in [-0.15, -0.1) is 0 Å². The van der Waals surface area contributed by atoms with E-state index in [1.807, 2.05) is 18.2 Å². The standard InChI is InChI=1S/C30H20N2O/c1-2-8-20(9-3-1)31-21-14-16-25-26-19-22(15-17-29(26)33-30(25)18-21)32-27-12-6-4-10-23(27)24-11-5-7-13-28(24)32/h1-19,31H. The maximum Gasteiger partial charge on any atom is 0.137 e. The van der Waals surface area contributed by atoms with E-state index < -0.39 is 0 Å². The number of nitrogens with zero attached hydrogens (tertiary/aromatic N) is 1. The summed E-state index contributed by atoms with van der Waals surface area (Å²) in [5.41, 5.74) is 7.39. The summed E-state index contributed by atoms with van der Waals surface area (Å²) >= 11 is 0. The molecule has 7 aromatic rings. The third-order valence-corrected chi connectivity index (χ3v) is 6.36. The second-order valence-electron chi connectivity index (χ2n) is 8.35. The maximum absolute atomic E-state index is 6.23. The molecule has 2 aromatic heterocycles. The molecule has 0 aliphatic carbocycles. The minimum Gasteiger partial charge on any atom is -0.456 e. The molecule has 0 amide bonds. The van der Waals surface area contributed by atoms with Crippen molar-refractivity contribution in [2.75, 3.05) is 5.32 Å². The van der Waals surface area contributed by atoms with Crippen LogP contribution in [0, 0.1) is 0 Å². The van der Waals surface area contributed by atoms with Crippen LogP contribution >= 0.6 is 0 Å². The summed E-state index contributed by atoms with van der Waals surface area (Å²) < 4.78 is 8.57. The number of rotatable bonds is 3. The largest absolute Gasteiger partial charge is 0.456 e. The van der Waals surface area contributed by atoms with E-state index >= 15 is 0 Å². The zero-order valence-corrected chi connectivity index (χ0v) is 17.8. The minimum absolute atomic E-state index is 0.880. The van der Waals surface area contributed by atoms with Crippen LogP contribution in [0.4, 0.5) is 11.4 Å². The van der Waals surface area contributed by atoms with Crippen molar-refractivity contribution >= 4 is 55.1 Å². The van der Waals surface area contributed by atoms with Gasteiger partial charge in [0, 0.05) is 44.7 Å². The van der Waals surface area contributed by atoms with Crippen LogP contribution in [-0.2, 0) is 0 Å². The van der Waals surface area contributed by atoms with Gasteiger partial charge in [-0.2, -0.15) is 0 Å². The molecule has 0 fully saturated rings. The molecule has 0 radical (unpaired) electrons. The van der Waals surface area contributed by atoms with Gasteiger partial charge in [-0.3, -0.25) is 0 Å².